The van der Waals surface area contributed by atoms with E-state index in [0.717, 1.165) is 5.56 Å². The van der Waals surface area contributed by atoms with Gasteiger partial charge in [0.2, 0.25) is 5.91 Å². The molecule has 2 heterocycles. The summed E-state index contributed by atoms with van der Waals surface area (Å²) in [4.78, 5) is 28.3. The van der Waals surface area contributed by atoms with Gasteiger partial charge in [-0.3, -0.25) is 9.69 Å². The Kier molecular flexibility index (Phi) is 6.56. The fourth-order valence-electron chi connectivity index (χ4n) is 3.76. The Morgan fingerprint density at radius 3 is 2.25 bits per heavy atom. The van der Waals surface area contributed by atoms with Crippen molar-refractivity contribution in [2.45, 2.75) is 24.9 Å². The molecule has 154 valence electrons. The van der Waals surface area contributed by atoms with Crippen LogP contribution in [0.4, 0.5) is 4.79 Å². The second-order valence-electron chi connectivity index (χ2n) is 7.24. The molecule has 0 bridgehead atoms. The Bertz CT molecular complexity index is 777. The maximum Gasteiger partial charge on any atom is 0.409 e. The van der Waals surface area contributed by atoms with Crippen LogP contribution in [0.15, 0.2) is 30.3 Å². The van der Waals surface area contributed by atoms with E-state index in [1.807, 2.05) is 35.2 Å². The van der Waals surface area contributed by atoms with Crippen molar-refractivity contribution < 1.29 is 22.7 Å². The molecule has 0 aliphatic carbocycles. The highest BCUT2D eigenvalue weighted by Gasteiger charge is 2.34. The molecule has 2 amide bonds. The number of nitrogens with zero attached hydrogens (tertiary/aromatic N) is 2. The smallest absolute Gasteiger partial charge is 0.409 e. The van der Waals surface area contributed by atoms with Crippen LogP contribution in [0.5, 0.6) is 0 Å². The average molecular weight is 410 g/mol. The van der Waals surface area contributed by atoms with Crippen molar-refractivity contribution >= 4 is 21.8 Å². The number of hydrogen-bond acceptors (Lipinski definition) is 6. The van der Waals surface area contributed by atoms with Crippen molar-refractivity contribution in [1.29, 1.82) is 0 Å². The summed E-state index contributed by atoms with van der Waals surface area (Å²) in [5, 5.41) is 3.10. The Labute approximate surface area is 165 Å². The predicted molar refractivity (Wildman–Crippen MR) is 105 cm³/mol. The molecule has 0 aromatic heterocycles. The molecule has 9 heteroatoms. The first-order valence-corrected chi connectivity index (χ1v) is 11.3. The zero-order valence-corrected chi connectivity index (χ0v) is 16.9. The maximum absolute atomic E-state index is 13.1. The number of benzene rings is 1. The third-order valence-corrected chi connectivity index (χ3v) is 6.99. The number of carbonyl (C=O) groups excluding carboxylic acids is 2. The molecular formula is C19H27N3O5S. The molecule has 2 saturated heterocycles. The molecule has 2 aliphatic heterocycles. The van der Waals surface area contributed by atoms with Crippen molar-refractivity contribution in [3.8, 4) is 0 Å². The lowest BCUT2D eigenvalue weighted by Crippen LogP contribution is -2.51. The van der Waals surface area contributed by atoms with Gasteiger partial charge in [0.05, 0.1) is 18.6 Å². The molecule has 28 heavy (non-hydrogen) atoms. The van der Waals surface area contributed by atoms with Crippen LogP contribution in [0, 0.1) is 0 Å². The van der Waals surface area contributed by atoms with E-state index in [1.165, 1.54) is 7.11 Å². The monoisotopic (exact) mass is 409 g/mol. The predicted octanol–water partition coefficient (Wildman–Crippen LogP) is 0.805. The SMILES string of the molecule is COC(=O)N1CCC(NC(=O)C(c2ccccc2)N2CCS(=O)(=O)CC2)CC1. The van der Waals surface area contributed by atoms with E-state index in [2.05, 4.69) is 5.32 Å². The Morgan fingerprint density at radius 2 is 1.68 bits per heavy atom. The van der Waals surface area contributed by atoms with Crippen LogP contribution < -0.4 is 5.32 Å². The van der Waals surface area contributed by atoms with Crippen molar-refractivity contribution in [2.75, 3.05) is 44.8 Å². The zero-order chi connectivity index (χ0) is 20.1. The fraction of sp³-hybridized carbons (Fsp3) is 0.579. The normalized spacial score (nSPS) is 21.7. The Morgan fingerprint density at radius 1 is 1.07 bits per heavy atom. The van der Waals surface area contributed by atoms with Gasteiger partial charge in [-0.2, -0.15) is 0 Å². The summed E-state index contributed by atoms with van der Waals surface area (Å²) in [5.41, 5.74) is 0.853. The molecule has 0 radical (unpaired) electrons. The van der Waals surface area contributed by atoms with Gasteiger partial charge in [0.1, 0.15) is 6.04 Å². The molecule has 3 rings (SSSR count). The second-order valence-corrected chi connectivity index (χ2v) is 9.54. The summed E-state index contributed by atoms with van der Waals surface area (Å²) in [6.07, 6.45) is 0.981. The van der Waals surface area contributed by atoms with Crippen molar-refractivity contribution in [1.82, 2.24) is 15.1 Å². The first kappa shape index (κ1) is 20.6. The number of amides is 2. The van der Waals surface area contributed by atoms with Crippen LogP contribution in [0.25, 0.3) is 0 Å². The van der Waals surface area contributed by atoms with Crippen LogP contribution >= 0.6 is 0 Å². The van der Waals surface area contributed by atoms with Gasteiger partial charge in [0.15, 0.2) is 9.84 Å². The number of rotatable bonds is 4. The van der Waals surface area contributed by atoms with Crippen LogP contribution in [-0.2, 0) is 19.4 Å². The maximum atomic E-state index is 13.1. The van der Waals surface area contributed by atoms with E-state index in [-0.39, 0.29) is 29.5 Å². The number of sulfone groups is 1. The number of hydrogen-bond donors (Lipinski definition) is 1. The van der Waals surface area contributed by atoms with E-state index in [4.69, 9.17) is 4.74 Å². The largest absolute Gasteiger partial charge is 0.453 e. The zero-order valence-electron chi connectivity index (χ0n) is 16.0. The van der Waals surface area contributed by atoms with Gasteiger partial charge in [-0.05, 0) is 18.4 Å². The number of carbonyl (C=O) groups is 2. The van der Waals surface area contributed by atoms with Gasteiger partial charge in [0, 0.05) is 32.2 Å². The summed E-state index contributed by atoms with van der Waals surface area (Å²) in [5.74, 6) is 0.0180. The average Bonchev–Trinajstić information content (AvgIpc) is 2.70. The highest BCUT2D eigenvalue weighted by atomic mass is 32.2. The molecule has 0 saturated carbocycles. The van der Waals surface area contributed by atoms with E-state index < -0.39 is 15.9 Å². The molecule has 2 fully saturated rings. The minimum atomic E-state index is -3.02. The number of ether oxygens (including phenoxy) is 1. The molecule has 1 aromatic carbocycles. The van der Waals surface area contributed by atoms with Crippen molar-refractivity contribution in [2.24, 2.45) is 0 Å². The lowest BCUT2D eigenvalue weighted by atomic mass is 10.0. The van der Waals surface area contributed by atoms with Crippen LogP contribution in [0.1, 0.15) is 24.4 Å². The minimum Gasteiger partial charge on any atom is -0.453 e. The number of likely N-dealkylation sites (tertiary alicyclic amines) is 1. The second kappa shape index (κ2) is 8.91. The van der Waals surface area contributed by atoms with Crippen molar-refractivity contribution in [3.05, 3.63) is 35.9 Å². The van der Waals surface area contributed by atoms with E-state index in [9.17, 15) is 18.0 Å². The van der Waals surface area contributed by atoms with Gasteiger partial charge in [-0.1, -0.05) is 30.3 Å². The first-order valence-electron chi connectivity index (χ1n) is 9.52. The van der Waals surface area contributed by atoms with E-state index in [1.54, 1.807) is 4.90 Å². The van der Waals surface area contributed by atoms with Crippen LogP contribution in [0.3, 0.4) is 0 Å². The Hall–Kier alpha value is -2.13. The Balaban J connectivity index is 1.67. The fourth-order valence-corrected chi connectivity index (χ4v) is 4.99. The number of methoxy groups -OCH3 is 1. The van der Waals surface area contributed by atoms with Gasteiger partial charge >= 0.3 is 6.09 Å². The van der Waals surface area contributed by atoms with Gasteiger partial charge in [-0.15, -0.1) is 0 Å². The molecule has 1 atom stereocenters. The third-order valence-electron chi connectivity index (χ3n) is 5.38. The molecule has 1 aromatic rings. The van der Waals surface area contributed by atoms with Crippen LogP contribution in [-0.4, -0.2) is 81.1 Å². The van der Waals surface area contributed by atoms with Gasteiger partial charge < -0.3 is 15.0 Å². The highest BCUT2D eigenvalue weighted by molar-refractivity contribution is 7.91. The highest BCUT2D eigenvalue weighted by Crippen LogP contribution is 2.24. The standard InChI is InChI=1S/C19H27N3O5S/c1-27-19(24)22-9-7-16(8-10-22)20-18(23)17(15-5-3-2-4-6-15)21-11-13-28(25,26)14-12-21/h2-6,16-17H,7-14H2,1H3,(H,20,23). The summed E-state index contributed by atoms with van der Waals surface area (Å²) in [6.45, 7) is 1.76. The summed E-state index contributed by atoms with van der Waals surface area (Å²) < 4.78 is 28.3. The lowest BCUT2D eigenvalue weighted by molar-refractivity contribution is -0.127. The summed E-state index contributed by atoms with van der Waals surface area (Å²) in [6, 6.07) is 8.90. The topological polar surface area (TPSA) is 96.0 Å². The molecule has 0 spiro atoms. The molecule has 2 aliphatic rings. The minimum absolute atomic E-state index is 0.0202. The number of nitrogens with one attached hydrogen (secondary N) is 1. The van der Waals surface area contributed by atoms with Crippen LogP contribution in [0.2, 0.25) is 0 Å². The van der Waals surface area contributed by atoms with Gasteiger partial charge in [-0.25, -0.2) is 13.2 Å². The molecule has 1 N–H and O–H groups in total. The summed E-state index contributed by atoms with van der Waals surface area (Å²) in [7, 11) is -1.66. The summed E-state index contributed by atoms with van der Waals surface area (Å²) >= 11 is 0. The lowest BCUT2D eigenvalue weighted by Gasteiger charge is -2.36. The van der Waals surface area contributed by atoms with E-state index >= 15 is 0 Å². The quantitative estimate of drug-likeness (QED) is 0.791. The van der Waals surface area contributed by atoms with E-state index in [0.29, 0.717) is 39.0 Å². The molecule has 1 unspecified atom stereocenters. The number of piperidine rings is 1. The van der Waals surface area contributed by atoms with Crippen molar-refractivity contribution in [3.63, 3.8) is 0 Å². The third kappa shape index (κ3) is 5.02. The molecular weight excluding hydrogens is 382 g/mol. The van der Waals surface area contributed by atoms with Gasteiger partial charge in [0.25, 0.3) is 0 Å². The molecule has 8 nitrogen and oxygen atoms in total. The first-order chi connectivity index (χ1) is 13.4.